The second-order valence-corrected chi connectivity index (χ2v) is 2.69. The standard InChI is InChI=1S/C6H12N2O/c1-4-2-5(7)6(9)8-3-4/h4-5H,2-3,7H2,1H3,(H,8,9)/t4-,5+/m0/s1. The molecular formula is C6H12N2O. The van der Waals surface area contributed by atoms with Crippen molar-refractivity contribution < 1.29 is 4.79 Å². The topological polar surface area (TPSA) is 55.1 Å². The molecule has 0 bridgehead atoms. The zero-order valence-electron chi connectivity index (χ0n) is 5.55. The maximum absolute atomic E-state index is 10.7. The van der Waals surface area contributed by atoms with Gasteiger partial charge in [0, 0.05) is 6.54 Å². The minimum absolute atomic E-state index is 0.00639. The van der Waals surface area contributed by atoms with E-state index in [0.29, 0.717) is 5.92 Å². The largest absolute Gasteiger partial charge is 0.354 e. The summed E-state index contributed by atoms with van der Waals surface area (Å²) in [4.78, 5) is 10.7. The molecule has 1 saturated heterocycles. The highest BCUT2D eigenvalue weighted by molar-refractivity contribution is 5.82. The number of carbonyl (C=O) groups is 1. The summed E-state index contributed by atoms with van der Waals surface area (Å²) < 4.78 is 0. The first-order valence-electron chi connectivity index (χ1n) is 3.23. The van der Waals surface area contributed by atoms with Gasteiger partial charge in [-0.05, 0) is 12.3 Å². The summed E-state index contributed by atoms with van der Waals surface area (Å²) in [5.41, 5.74) is 5.46. The van der Waals surface area contributed by atoms with Crippen LogP contribution >= 0.6 is 0 Å². The maximum Gasteiger partial charge on any atom is 0.236 e. The Morgan fingerprint density at radius 2 is 2.44 bits per heavy atom. The van der Waals surface area contributed by atoms with Crippen LogP contribution in [0.25, 0.3) is 0 Å². The first kappa shape index (κ1) is 6.55. The normalized spacial score (nSPS) is 36.0. The summed E-state index contributed by atoms with van der Waals surface area (Å²) in [7, 11) is 0. The van der Waals surface area contributed by atoms with E-state index in [2.05, 4.69) is 12.2 Å². The third-order valence-corrected chi connectivity index (χ3v) is 1.62. The van der Waals surface area contributed by atoms with Crippen molar-refractivity contribution in [1.29, 1.82) is 0 Å². The molecule has 0 aromatic carbocycles. The van der Waals surface area contributed by atoms with Crippen LogP contribution in [0.3, 0.4) is 0 Å². The van der Waals surface area contributed by atoms with E-state index in [9.17, 15) is 4.79 Å². The Balaban J connectivity index is 2.44. The van der Waals surface area contributed by atoms with Crippen molar-refractivity contribution in [2.75, 3.05) is 6.54 Å². The van der Waals surface area contributed by atoms with Gasteiger partial charge >= 0.3 is 0 Å². The number of nitrogens with one attached hydrogen (secondary N) is 1. The van der Waals surface area contributed by atoms with Crippen molar-refractivity contribution in [1.82, 2.24) is 5.32 Å². The van der Waals surface area contributed by atoms with Gasteiger partial charge in [0.2, 0.25) is 5.91 Å². The minimum atomic E-state index is -0.270. The maximum atomic E-state index is 10.7. The number of amides is 1. The Bertz CT molecular complexity index is 124. The lowest BCUT2D eigenvalue weighted by molar-refractivity contribution is -0.124. The lowest BCUT2D eigenvalue weighted by Crippen LogP contribution is -2.48. The SMILES string of the molecule is C[C@@H]1CNC(=O)[C@H](N)C1. The summed E-state index contributed by atoms with van der Waals surface area (Å²) in [5.74, 6) is 0.533. The summed E-state index contributed by atoms with van der Waals surface area (Å²) in [6.45, 7) is 2.87. The molecule has 3 heteroatoms. The first-order valence-corrected chi connectivity index (χ1v) is 3.23. The van der Waals surface area contributed by atoms with Crippen molar-refractivity contribution in [3.63, 3.8) is 0 Å². The summed E-state index contributed by atoms with van der Waals surface area (Å²) in [6, 6.07) is -0.270. The smallest absolute Gasteiger partial charge is 0.236 e. The van der Waals surface area contributed by atoms with Crippen LogP contribution in [0.15, 0.2) is 0 Å². The van der Waals surface area contributed by atoms with Crippen LogP contribution in [-0.2, 0) is 4.79 Å². The van der Waals surface area contributed by atoms with E-state index in [1.165, 1.54) is 0 Å². The highest BCUT2D eigenvalue weighted by Gasteiger charge is 2.21. The summed E-state index contributed by atoms with van der Waals surface area (Å²) in [6.07, 6.45) is 0.825. The number of piperidine rings is 1. The van der Waals surface area contributed by atoms with E-state index in [1.54, 1.807) is 0 Å². The zero-order valence-corrected chi connectivity index (χ0v) is 5.55. The molecular weight excluding hydrogens is 116 g/mol. The monoisotopic (exact) mass is 128 g/mol. The summed E-state index contributed by atoms with van der Waals surface area (Å²) >= 11 is 0. The molecule has 0 spiro atoms. The Hall–Kier alpha value is -0.570. The molecule has 0 aliphatic carbocycles. The number of nitrogens with two attached hydrogens (primary N) is 1. The fourth-order valence-corrected chi connectivity index (χ4v) is 1.03. The van der Waals surface area contributed by atoms with Gasteiger partial charge in [0.15, 0.2) is 0 Å². The molecule has 9 heavy (non-hydrogen) atoms. The molecule has 3 N–H and O–H groups in total. The number of carbonyl (C=O) groups excluding carboxylic acids is 1. The fraction of sp³-hybridized carbons (Fsp3) is 0.833. The molecule has 3 nitrogen and oxygen atoms in total. The molecule has 52 valence electrons. The van der Waals surface area contributed by atoms with Crippen LogP contribution in [0, 0.1) is 5.92 Å². The van der Waals surface area contributed by atoms with E-state index in [4.69, 9.17) is 5.73 Å². The molecule has 1 amide bonds. The quantitative estimate of drug-likeness (QED) is 0.461. The zero-order chi connectivity index (χ0) is 6.85. The van der Waals surface area contributed by atoms with Crippen LogP contribution < -0.4 is 11.1 Å². The van der Waals surface area contributed by atoms with Gasteiger partial charge in [0.1, 0.15) is 0 Å². The first-order chi connectivity index (χ1) is 4.20. The average molecular weight is 128 g/mol. The Morgan fingerprint density at radius 1 is 1.78 bits per heavy atom. The molecule has 1 aliphatic heterocycles. The van der Waals surface area contributed by atoms with Gasteiger partial charge in [-0.25, -0.2) is 0 Å². The van der Waals surface area contributed by atoms with E-state index in [0.717, 1.165) is 13.0 Å². The van der Waals surface area contributed by atoms with Crippen molar-refractivity contribution in [2.45, 2.75) is 19.4 Å². The fourth-order valence-electron chi connectivity index (χ4n) is 1.03. The third-order valence-electron chi connectivity index (χ3n) is 1.62. The average Bonchev–Trinajstić information content (AvgIpc) is 1.80. The van der Waals surface area contributed by atoms with Gasteiger partial charge in [-0.2, -0.15) is 0 Å². The van der Waals surface area contributed by atoms with Gasteiger partial charge in [0.25, 0.3) is 0 Å². The van der Waals surface area contributed by atoms with Gasteiger partial charge in [-0.15, -0.1) is 0 Å². The molecule has 0 aromatic rings. The van der Waals surface area contributed by atoms with Crippen molar-refractivity contribution in [2.24, 2.45) is 11.7 Å². The molecule has 2 atom stereocenters. The Kier molecular flexibility index (Phi) is 1.71. The number of hydrogen-bond acceptors (Lipinski definition) is 2. The highest BCUT2D eigenvalue weighted by atomic mass is 16.2. The predicted molar refractivity (Wildman–Crippen MR) is 34.8 cm³/mol. The minimum Gasteiger partial charge on any atom is -0.354 e. The molecule has 0 saturated carbocycles. The third kappa shape index (κ3) is 1.42. The second kappa shape index (κ2) is 2.35. The lowest BCUT2D eigenvalue weighted by atomic mass is 9.98. The lowest BCUT2D eigenvalue weighted by Gasteiger charge is -2.23. The highest BCUT2D eigenvalue weighted by Crippen LogP contribution is 2.07. The summed E-state index contributed by atoms with van der Waals surface area (Å²) in [5, 5.41) is 2.72. The van der Waals surface area contributed by atoms with Crippen molar-refractivity contribution >= 4 is 5.91 Å². The molecule has 1 heterocycles. The van der Waals surface area contributed by atoms with Crippen molar-refractivity contribution in [3.8, 4) is 0 Å². The van der Waals surface area contributed by atoms with Gasteiger partial charge in [-0.1, -0.05) is 6.92 Å². The number of rotatable bonds is 0. The predicted octanol–water partition coefficient (Wildman–Crippen LogP) is -0.530. The Morgan fingerprint density at radius 3 is 2.89 bits per heavy atom. The molecule has 0 unspecified atom stereocenters. The molecule has 0 aromatic heterocycles. The van der Waals surface area contributed by atoms with Crippen molar-refractivity contribution in [3.05, 3.63) is 0 Å². The van der Waals surface area contributed by atoms with E-state index < -0.39 is 0 Å². The van der Waals surface area contributed by atoms with E-state index in [1.807, 2.05) is 0 Å². The van der Waals surface area contributed by atoms with Crippen LogP contribution in [0.1, 0.15) is 13.3 Å². The molecule has 1 fully saturated rings. The van der Waals surface area contributed by atoms with E-state index in [-0.39, 0.29) is 11.9 Å². The van der Waals surface area contributed by atoms with Crippen LogP contribution in [0.4, 0.5) is 0 Å². The van der Waals surface area contributed by atoms with E-state index >= 15 is 0 Å². The molecule has 0 radical (unpaired) electrons. The van der Waals surface area contributed by atoms with Crippen LogP contribution in [-0.4, -0.2) is 18.5 Å². The van der Waals surface area contributed by atoms with Gasteiger partial charge < -0.3 is 11.1 Å². The van der Waals surface area contributed by atoms with Gasteiger partial charge in [0.05, 0.1) is 6.04 Å². The molecule has 1 rings (SSSR count). The van der Waals surface area contributed by atoms with Crippen LogP contribution in [0.5, 0.6) is 0 Å². The number of hydrogen-bond donors (Lipinski definition) is 2. The van der Waals surface area contributed by atoms with Crippen LogP contribution in [0.2, 0.25) is 0 Å². The second-order valence-electron chi connectivity index (χ2n) is 2.69. The van der Waals surface area contributed by atoms with Gasteiger partial charge in [-0.3, -0.25) is 4.79 Å². The molecule has 1 aliphatic rings. The Labute approximate surface area is 54.6 Å².